The Morgan fingerprint density at radius 2 is 2.03 bits per heavy atom. The average molecular weight is 473 g/mol. The largest absolute Gasteiger partial charge is 0.409 e. The lowest BCUT2D eigenvalue weighted by Gasteiger charge is -2.41. The summed E-state index contributed by atoms with van der Waals surface area (Å²) in [7, 11) is 0. The van der Waals surface area contributed by atoms with Gasteiger partial charge in [-0.15, -0.1) is 11.3 Å². The molecule has 176 valence electrons. The molecule has 32 heavy (non-hydrogen) atoms. The molecule has 1 fully saturated rings. The Hall–Kier alpha value is -2.20. The molecule has 2 aromatic heterocycles. The van der Waals surface area contributed by atoms with Crippen molar-refractivity contribution in [2.45, 2.75) is 57.8 Å². The number of alkyl halides is 3. The average Bonchev–Trinajstić information content (AvgIpc) is 3.31. The maximum absolute atomic E-state index is 14.1. The quantitative estimate of drug-likeness (QED) is 0.572. The number of aryl methyl sites for hydroxylation is 2. The number of primary amides is 1. The van der Waals surface area contributed by atoms with Crippen LogP contribution in [0.15, 0.2) is 30.5 Å². The summed E-state index contributed by atoms with van der Waals surface area (Å²) in [6.07, 6.45) is -2.31. The van der Waals surface area contributed by atoms with Crippen LogP contribution in [0.3, 0.4) is 0 Å². The number of hydrogen-bond donors (Lipinski definition) is 2. The van der Waals surface area contributed by atoms with Crippen molar-refractivity contribution >= 4 is 17.4 Å². The minimum absolute atomic E-state index is 0.103. The Morgan fingerprint density at radius 1 is 1.31 bits per heavy atom. The van der Waals surface area contributed by atoms with Crippen LogP contribution in [-0.4, -0.2) is 41.2 Å². The maximum atomic E-state index is 14.1. The number of hydrogen-bond acceptors (Lipinski definition) is 4. The van der Waals surface area contributed by atoms with Gasteiger partial charge >= 0.3 is 12.2 Å². The van der Waals surface area contributed by atoms with Gasteiger partial charge < -0.3 is 11.1 Å². The molecule has 1 saturated heterocycles. The number of aromatic nitrogens is 1. The fourth-order valence-electron chi connectivity index (χ4n) is 4.55. The van der Waals surface area contributed by atoms with Crippen molar-refractivity contribution in [3.05, 3.63) is 51.7 Å². The van der Waals surface area contributed by atoms with Crippen LogP contribution in [0, 0.1) is 17.5 Å². The zero-order valence-electron chi connectivity index (χ0n) is 18.3. The number of thiophene rings is 1. The molecular weight excluding hydrogens is 444 g/mol. The van der Waals surface area contributed by atoms with Crippen molar-refractivity contribution in [1.29, 1.82) is 0 Å². The number of carbonyl (C=O) groups is 1. The first-order valence-corrected chi connectivity index (χ1v) is 11.2. The van der Waals surface area contributed by atoms with Crippen LogP contribution in [0.1, 0.15) is 42.8 Å². The SMILES string of the molecule is Cc1ccc(C(C)(C)N2CCC(CCc3ccc(F)s3)([C@H](NC(N)=O)C(F)(F)F)C2)cn1. The second kappa shape index (κ2) is 8.97. The first-order valence-electron chi connectivity index (χ1n) is 10.4. The Bertz CT molecular complexity index is 944. The Kier molecular flexibility index (Phi) is 6.86. The van der Waals surface area contributed by atoms with Crippen LogP contribution in [0.25, 0.3) is 0 Å². The third-order valence-corrected chi connectivity index (χ3v) is 7.45. The van der Waals surface area contributed by atoms with E-state index in [2.05, 4.69) is 4.98 Å². The van der Waals surface area contributed by atoms with Gasteiger partial charge in [-0.2, -0.15) is 17.6 Å². The van der Waals surface area contributed by atoms with Gasteiger partial charge in [-0.3, -0.25) is 9.88 Å². The number of nitrogens with one attached hydrogen (secondary N) is 1. The van der Waals surface area contributed by atoms with Gasteiger partial charge in [0.25, 0.3) is 0 Å². The standard InChI is InChI=1S/C22H28F4N4OS/c1-14-4-5-15(12-28-14)20(2,3)30-11-10-21(13-30,9-8-16-6-7-17(23)32-16)18(22(24,25)26)29-19(27)31/h4-7,12,18H,8-11,13H2,1-3H3,(H3,27,29,31)/t18-,21?/m0/s1. The van der Waals surface area contributed by atoms with Crippen LogP contribution in [0.2, 0.25) is 0 Å². The molecule has 3 heterocycles. The first kappa shape index (κ1) is 24.4. The van der Waals surface area contributed by atoms with E-state index in [1.165, 1.54) is 6.07 Å². The van der Waals surface area contributed by atoms with Crippen molar-refractivity contribution in [2.24, 2.45) is 11.1 Å². The number of amides is 2. The van der Waals surface area contributed by atoms with E-state index in [1.54, 1.807) is 12.3 Å². The molecule has 0 bridgehead atoms. The maximum Gasteiger partial charge on any atom is 0.409 e. The summed E-state index contributed by atoms with van der Waals surface area (Å²) in [6.45, 7) is 6.29. The highest BCUT2D eigenvalue weighted by Crippen LogP contribution is 2.47. The predicted molar refractivity (Wildman–Crippen MR) is 116 cm³/mol. The molecule has 0 saturated carbocycles. The summed E-state index contributed by atoms with van der Waals surface area (Å²) in [5.74, 6) is 0. The highest BCUT2D eigenvalue weighted by atomic mass is 32.1. The molecular formula is C22H28F4N4OS. The van der Waals surface area contributed by atoms with Crippen LogP contribution < -0.4 is 11.1 Å². The second-order valence-corrected chi connectivity index (χ2v) is 10.1. The summed E-state index contributed by atoms with van der Waals surface area (Å²) in [6, 6.07) is 3.39. The molecule has 10 heteroatoms. The van der Waals surface area contributed by atoms with Gasteiger partial charge in [-0.1, -0.05) is 6.07 Å². The molecule has 2 atom stereocenters. The van der Waals surface area contributed by atoms with Gasteiger partial charge in [0.1, 0.15) is 6.04 Å². The van der Waals surface area contributed by atoms with E-state index in [0.717, 1.165) is 22.6 Å². The van der Waals surface area contributed by atoms with E-state index < -0.39 is 29.2 Å². The predicted octanol–water partition coefficient (Wildman–Crippen LogP) is 4.75. The minimum atomic E-state index is -4.68. The molecule has 5 nitrogen and oxygen atoms in total. The lowest BCUT2D eigenvalue weighted by Crippen LogP contribution is -2.59. The van der Waals surface area contributed by atoms with E-state index in [4.69, 9.17) is 5.73 Å². The van der Waals surface area contributed by atoms with E-state index in [-0.39, 0.29) is 30.9 Å². The fraction of sp³-hybridized carbons (Fsp3) is 0.545. The summed E-state index contributed by atoms with van der Waals surface area (Å²) in [4.78, 5) is 18.5. The molecule has 0 spiro atoms. The molecule has 3 N–H and O–H groups in total. The number of halogens is 4. The molecule has 1 unspecified atom stereocenters. The van der Waals surface area contributed by atoms with Crippen molar-refractivity contribution < 1.29 is 22.4 Å². The first-order chi connectivity index (χ1) is 14.8. The number of urea groups is 1. The van der Waals surface area contributed by atoms with Crippen molar-refractivity contribution in [2.75, 3.05) is 13.1 Å². The van der Waals surface area contributed by atoms with Crippen molar-refractivity contribution in [3.63, 3.8) is 0 Å². The molecule has 0 radical (unpaired) electrons. The Morgan fingerprint density at radius 3 is 2.56 bits per heavy atom. The van der Waals surface area contributed by atoms with E-state index >= 15 is 0 Å². The van der Waals surface area contributed by atoms with Crippen LogP contribution in [0.4, 0.5) is 22.4 Å². The van der Waals surface area contributed by atoms with Gasteiger partial charge in [0, 0.05) is 34.3 Å². The fourth-order valence-corrected chi connectivity index (χ4v) is 5.28. The summed E-state index contributed by atoms with van der Waals surface area (Å²) >= 11 is 0.926. The number of pyridine rings is 1. The van der Waals surface area contributed by atoms with Gasteiger partial charge in [0.2, 0.25) is 0 Å². The van der Waals surface area contributed by atoms with Crippen molar-refractivity contribution in [1.82, 2.24) is 15.2 Å². The normalized spacial score (nSPS) is 21.0. The van der Waals surface area contributed by atoms with E-state index in [0.29, 0.717) is 11.4 Å². The molecule has 0 aliphatic carbocycles. The van der Waals surface area contributed by atoms with Crippen LogP contribution >= 0.6 is 11.3 Å². The third kappa shape index (κ3) is 5.23. The Balaban J connectivity index is 1.93. The minimum Gasteiger partial charge on any atom is -0.352 e. The third-order valence-electron chi connectivity index (χ3n) is 6.52. The lowest BCUT2D eigenvalue weighted by molar-refractivity contribution is -0.181. The topological polar surface area (TPSA) is 71.2 Å². The Labute approximate surface area is 189 Å². The highest BCUT2D eigenvalue weighted by Gasteiger charge is 2.57. The number of nitrogens with zero attached hydrogens (tertiary/aromatic N) is 2. The second-order valence-electron chi connectivity index (χ2n) is 8.97. The van der Waals surface area contributed by atoms with Gasteiger partial charge in [0.15, 0.2) is 5.13 Å². The monoisotopic (exact) mass is 472 g/mol. The summed E-state index contributed by atoms with van der Waals surface area (Å²) < 4.78 is 55.9. The molecule has 1 aliphatic heterocycles. The zero-order chi connectivity index (χ0) is 23.7. The zero-order valence-corrected chi connectivity index (χ0v) is 19.1. The number of likely N-dealkylation sites (tertiary alicyclic amines) is 1. The van der Waals surface area contributed by atoms with Gasteiger partial charge in [-0.05, 0) is 70.3 Å². The van der Waals surface area contributed by atoms with Gasteiger partial charge in [0.05, 0.1) is 0 Å². The smallest absolute Gasteiger partial charge is 0.352 e. The molecule has 3 rings (SSSR count). The van der Waals surface area contributed by atoms with E-state index in [1.807, 2.05) is 43.1 Å². The number of nitrogens with two attached hydrogens (primary N) is 1. The highest BCUT2D eigenvalue weighted by molar-refractivity contribution is 7.10. The van der Waals surface area contributed by atoms with Crippen LogP contribution in [-0.2, 0) is 12.0 Å². The number of rotatable bonds is 7. The lowest BCUT2D eigenvalue weighted by atomic mass is 9.74. The number of carbonyl (C=O) groups excluding carboxylic acids is 1. The molecule has 0 aromatic carbocycles. The van der Waals surface area contributed by atoms with E-state index in [9.17, 15) is 22.4 Å². The molecule has 2 aromatic rings. The van der Waals surface area contributed by atoms with Crippen molar-refractivity contribution in [3.8, 4) is 0 Å². The molecule has 1 aliphatic rings. The summed E-state index contributed by atoms with van der Waals surface area (Å²) in [5.41, 5.74) is 5.01. The van der Waals surface area contributed by atoms with Gasteiger partial charge in [-0.25, -0.2) is 4.79 Å². The van der Waals surface area contributed by atoms with Crippen LogP contribution in [0.5, 0.6) is 0 Å². The molecule has 2 amide bonds. The summed E-state index contributed by atoms with van der Waals surface area (Å²) in [5, 5.41) is 1.59.